The number of hydrogen-bond acceptors (Lipinski definition) is 2. The van der Waals surface area contributed by atoms with Crippen molar-refractivity contribution in [2.75, 3.05) is 5.32 Å². The number of anilines is 1. The lowest BCUT2D eigenvalue weighted by Crippen LogP contribution is -2.05. The fraction of sp³-hybridized carbons (Fsp3) is 0.167. The summed E-state index contributed by atoms with van der Waals surface area (Å²) < 4.78 is 4.52. The van der Waals surface area contributed by atoms with Gasteiger partial charge >= 0.3 is 0 Å². The Bertz CT molecular complexity index is 595. The van der Waals surface area contributed by atoms with Crippen molar-refractivity contribution in [3.8, 4) is 5.69 Å². The van der Waals surface area contributed by atoms with Crippen LogP contribution in [-0.4, -0.2) is 15.0 Å². The first-order valence-electron chi connectivity index (χ1n) is 5.20. The third kappa shape index (κ3) is 2.45. The maximum Gasteiger partial charge on any atom is 0.221 e. The van der Waals surface area contributed by atoms with Gasteiger partial charge < -0.3 is 9.88 Å². The Morgan fingerprint density at radius 1 is 1.24 bits per heavy atom. The number of nitrogens with zero attached hydrogens (tertiary/aromatic N) is 2. The summed E-state index contributed by atoms with van der Waals surface area (Å²) in [4.78, 5) is 10.9. The summed E-state index contributed by atoms with van der Waals surface area (Å²) in [6.07, 6.45) is 3.82. The molecule has 2 aromatic rings. The molecule has 1 aromatic carbocycles. The third-order valence-electron chi connectivity index (χ3n) is 2.41. The molecule has 0 saturated heterocycles. The van der Waals surface area contributed by atoms with Crippen molar-refractivity contribution in [2.45, 2.75) is 6.92 Å². The number of benzene rings is 1. The molecule has 0 bridgehead atoms. The number of carbonyl (C=O) groups is 1. The van der Waals surface area contributed by atoms with Gasteiger partial charge in [0.25, 0.3) is 0 Å². The standard InChI is InChI=1S/C12H13N3OS/c1-9(16)13-10-3-5-11(6-4-10)15-8-7-14(2)12(15)17/h3-8H,1-2H3,(H,13,16). The molecule has 4 nitrogen and oxygen atoms in total. The molecule has 1 amide bonds. The van der Waals surface area contributed by atoms with Gasteiger partial charge in [-0.25, -0.2) is 0 Å². The molecule has 0 aliphatic carbocycles. The van der Waals surface area contributed by atoms with Crippen LogP contribution in [0.5, 0.6) is 0 Å². The molecule has 0 spiro atoms. The number of hydrogen-bond donors (Lipinski definition) is 1. The molecule has 0 unspecified atom stereocenters. The van der Waals surface area contributed by atoms with Crippen molar-refractivity contribution in [1.82, 2.24) is 9.13 Å². The molecule has 1 N–H and O–H groups in total. The Hall–Kier alpha value is -1.88. The Kier molecular flexibility index (Phi) is 3.10. The van der Waals surface area contributed by atoms with Crippen LogP contribution in [-0.2, 0) is 11.8 Å². The van der Waals surface area contributed by atoms with Crippen molar-refractivity contribution >= 4 is 23.8 Å². The number of nitrogens with one attached hydrogen (secondary N) is 1. The van der Waals surface area contributed by atoms with Crippen LogP contribution in [0, 0.1) is 4.77 Å². The summed E-state index contributed by atoms with van der Waals surface area (Å²) in [5, 5.41) is 2.72. The average Bonchev–Trinajstić information content (AvgIpc) is 2.60. The molecule has 1 aromatic heterocycles. The zero-order chi connectivity index (χ0) is 12.4. The van der Waals surface area contributed by atoms with Gasteiger partial charge in [0.15, 0.2) is 4.77 Å². The average molecular weight is 247 g/mol. The van der Waals surface area contributed by atoms with Crippen LogP contribution in [0.2, 0.25) is 0 Å². The van der Waals surface area contributed by atoms with E-state index in [0.29, 0.717) is 0 Å². The summed E-state index contributed by atoms with van der Waals surface area (Å²) in [5.74, 6) is -0.0749. The molecule has 2 rings (SSSR count). The maximum absolute atomic E-state index is 10.9. The second-order valence-electron chi connectivity index (χ2n) is 3.79. The van der Waals surface area contributed by atoms with E-state index in [1.54, 1.807) is 0 Å². The zero-order valence-electron chi connectivity index (χ0n) is 9.68. The van der Waals surface area contributed by atoms with Crippen molar-refractivity contribution in [3.05, 3.63) is 41.4 Å². The lowest BCUT2D eigenvalue weighted by atomic mass is 10.3. The van der Waals surface area contributed by atoms with E-state index in [2.05, 4.69) is 5.32 Å². The zero-order valence-corrected chi connectivity index (χ0v) is 10.5. The number of imidazole rings is 1. The predicted molar refractivity (Wildman–Crippen MR) is 69.9 cm³/mol. The molecule has 0 aliphatic rings. The molecule has 5 heteroatoms. The number of amides is 1. The van der Waals surface area contributed by atoms with E-state index in [0.717, 1.165) is 16.1 Å². The van der Waals surface area contributed by atoms with Crippen LogP contribution in [0.25, 0.3) is 5.69 Å². The van der Waals surface area contributed by atoms with Gasteiger partial charge in [-0.1, -0.05) is 0 Å². The van der Waals surface area contributed by atoms with Gasteiger partial charge in [-0.05, 0) is 36.5 Å². The first-order chi connectivity index (χ1) is 8.08. The van der Waals surface area contributed by atoms with E-state index in [4.69, 9.17) is 12.2 Å². The molecule has 1 heterocycles. The van der Waals surface area contributed by atoms with Gasteiger partial charge in [-0.2, -0.15) is 0 Å². The van der Waals surface area contributed by atoms with E-state index in [1.165, 1.54) is 6.92 Å². The summed E-state index contributed by atoms with van der Waals surface area (Å²) in [6.45, 7) is 1.49. The predicted octanol–water partition coefficient (Wildman–Crippen LogP) is 2.50. The molecule has 88 valence electrons. The van der Waals surface area contributed by atoms with E-state index in [9.17, 15) is 4.79 Å². The molecular formula is C12H13N3OS. The maximum atomic E-state index is 10.9. The Labute approximate surface area is 105 Å². The first-order valence-corrected chi connectivity index (χ1v) is 5.61. The molecule has 0 fully saturated rings. The third-order valence-corrected chi connectivity index (χ3v) is 2.90. The molecular weight excluding hydrogens is 234 g/mol. The number of carbonyl (C=O) groups excluding carboxylic acids is 1. The summed E-state index contributed by atoms with van der Waals surface area (Å²) in [7, 11) is 1.91. The summed E-state index contributed by atoms with van der Waals surface area (Å²) in [6, 6.07) is 7.54. The highest BCUT2D eigenvalue weighted by molar-refractivity contribution is 7.71. The topological polar surface area (TPSA) is 39.0 Å². The van der Waals surface area contributed by atoms with E-state index < -0.39 is 0 Å². The molecule has 0 aliphatic heterocycles. The van der Waals surface area contributed by atoms with Crippen LogP contribution in [0.3, 0.4) is 0 Å². The van der Waals surface area contributed by atoms with Crippen molar-refractivity contribution < 1.29 is 4.79 Å². The van der Waals surface area contributed by atoms with Crippen LogP contribution in [0.4, 0.5) is 5.69 Å². The fourth-order valence-corrected chi connectivity index (χ4v) is 1.80. The number of rotatable bonds is 2. The smallest absolute Gasteiger partial charge is 0.221 e. The summed E-state index contributed by atoms with van der Waals surface area (Å²) >= 11 is 5.27. The van der Waals surface area contributed by atoms with Crippen LogP contribution in [0.15, 0.2) is 36.7 Å². The van der Waals surface area contributed by atoms with E-state index in [-0.39, 0.29) is 5.91 Å². The van der Waals surface area contributed by atoms with Gasteiger partial charge in [-0.3, -0.25) is 9.36 Å². The molecule has 0 radical (unpaired) electrons. The van der Waals surface area contributed by atoms with Gasteiger partial charge in [0.05, 0.1) is 0 Å². The highest BCUT2D eigenvalue weighted by Gasteiger charge is 2.00. The lowest BCUT2D eigenvalue weighted by Gasteiger charge is -2.05. The number of aryl methyl sites for hydroxylation is 1. The normalized spacial score (nSPS) is 10.2. The Balaban J connectivity index is 2.33. The van der Waals surface area contributed by atoms with Gasteiger partial charge in [0.1, 0.15) is 0 Å². The Morgan fingerprint density at radius 2 is 1.88 bits per heavy atom. The molecule has 0 atom stereocenters. The van der Waals surface area contributed by atoms with Gasteiger partial charge in [0.2, 0.25) is 5.91 Å². The number of aromatic nitrogens is 2. The highest BCUT2D eigenvalue weighted by Crippen LogP contribution is 2.14. The second kappa shape index (κ2) is 4.55. The largest absolute Gasteiger partial charge is 0.327 e. The fourth-order valence-electron chi connectivity index (χ4n) is 1.57. The van der Waals surface area contributed by atoms with Crippen molar-refractivity contribution in [2.24, 2.45) is 7.05 Å². The molecule has 17 heavy (non-hydrogen) atoms. The van der Waals surface area contributed by atoms with Crippen molar-refractivity contribution in [3.63, 3.8) is 0 Å². The first kappa shape index (κ1) is 11.6. The quantitative estimate of drug-likeness (QED) is 0.828. The summed E-state index contributed by atoms with van der Waals surface area (Å²) in [5.41, 5.74) is 1.76. The highest BCUT2D eigenvalue weighted by atomic mass is 32.1. The SMILES string of the molecule is CC(=O)Nc1ccc(-n2ccn(C)c2=S)cc1. The van der Waals surface area contributed by atoms with Crippen molar-refractivity contribution in [1.29, 1.82) is 0 Å². The minimum Gasteiger partial charge on any atom is -0.327 e. The van der Waals surface area contributed by atoms with Gasteiger partial charge in [0, 0.05) is 37.7 Å². The van der Waals surface area contributed by atoms with E-state index in [1.807, 2.05) is 52.8 Å². The Morgan fingerprint density at radius 3 is 2.35 bits per heavy atom. The van der Waals surface area contributed by atoms with Crippen LogP contribution in [0.1, 0.15) is 6.92 Å². The lowest BCUT2D eigenvalue weighted by molar-refractivity contribution is -0.114. The van der Waals surface area contributed by atoms with Crippen LogP contribution < -0.4 is 5.32 Å². The van der Waals surface area contributed by atoms with Gasteiger partial charge in [-0.15, -0.1) is 0 Å². The second-order valence-corrected chi connectivity index (χ2v) is 4.15. The monoisotopic (exact) mass is 247 g/mol. The van der Waals surface area contributed by atoms with E-state index >= 15 is 0 Å². The minimum absolute atomic E-state index is 0.0749. The van der Waals surface area contributed by atoms with Crippen LogP contribution >= 0.6 is 12.2 Å². The molecule has 0 saturated carbocycles. The minimum atomic E-state index is -0.0749.